The van der Waals surface area contributed by atoms with Gasteiger partial charge in [0.25, 0.3) is 0 Å². The highest BCUT2D eigenvalue weighted by Crippen LogP contribution is 2.56. The highest BCUT2D eigenvalue weighted by atomic mass is 127. The van der Waals surface area contributed by atoms with Crippen molar-refractivity contribution < 1.29 is 4.79 Å². The summed E-state index contributed by atoms with van der Waals surface area (Å²) in [5.41, 5.74) is 0.568. The molecular weight excluding hydrogens is 465 g/mol. The Bertz CT molecular complexity index is 547. The minimum atomic E-state index is 0. The van der Waals surface area contributed by atoms with Crippen LogP contribution in [0.25, 0.3) is 0 Å². The molecule has 0 unspecified atom stereocenters. The number of rotatable bonds is 5. The van der Waals surface area contributed by atoms with Crippen LogP contribution in [0, 0.1) is 11.3 Å². The van der Waals surface area contributed by atoms with Gasteiger partial charge in [-0.15, -0.1) is 24.0 Å². The number of nitrogens with zero attached hydrogens (tertiary/aromatic N) is 4. The molecule has 2 saturated carbocycles. The fraction of sp³-hybridized carbons (Fsp3) is 0.905. The predicted octanol–water partition coefficient (Wildman–Crippen LogP) is 2.39. The minimum absolute atomic E-state index is 0. The van der Waals surface area contributed by atoms with Crippen LogP contribution in [-0.4, -0.2) is 86.0 Å². The zero-order chi connectivity index (χ0) is 18.7. The van der Waals surface area contributed by atoms with Crippen molar-refractivity contribution in [2.45, 2.75) is 51.4 Å². The molecule has 0 spiro atoms. The van der Waals surface area contributed by atoms with Crippen molar-refractivity contribution in [3.63, 3.8) is 0 Å². The van der Waals surface area contributed by atoms with Crippen LogP contribution >= 0.6 is 24.0 Å². The van der Waals surface area contributed by atoms with Gasteiger partial charge in [-0.2, -0.15) is 0 Å². The Morgan fingerprint density at radius 1 is 0.964 bits per heavy atom. The van der Waals surface area contributed by atoms with Crippen molar-refractivity contribution in [1.82, 2.24) is 20.0 Å². The van der Waals surface area contributed by atoms with Gasteiger partial charge in [-0.3, -0.25) is 14.7 Å². The smallest absolute Gasteiger partial charge is 0.236 e. The van der Waals surface area contributed by atoms with Crippen LogP contribution in [0.15, 0.2) is 4.99 Å². The number of hydrogen-bond donors (Lipinski definition) is 1. The van der Waals surface area contributed by atoms with Crippen molar-refractivity contribution in [3.8, 4) is 0 Å². The number of aliphatic imine (C=N–C) groups is 1. The molecule has 4 rings (SSSR count). The molecule has 2 aliphatic carbocycles. The number of carbonyl (C=O) groups excluding carboxylic acids is 1. The van der Waals surface area contributed by atoms with Gasteiger partial charge < -0.3 is 15.1 Å². The number of nitrogens with one attached hydrogen (secondary N) is 1. The summed E-state index contributed by atoms with van der Waals surface area (Å²) < 4.78 is 0. The second-order valence-electron chi connectivity index (χ2n) is 9.10. The summed E-state index contributed by atoms with van der Waals surface area (Å²) >= 11 is 0. The molecule has 2 saturated heterocycles. The molecular formula is C21H38IN5O. The summed E-state index contributed by atoms with van der Waals surface area (Å²) in [6.07, 6.45) is 10.7. The summed E-state index contributed by atoms with van der Waals surface area (Å²) in [6.45, 7) is 7.42. The van der Waals surface area contributed by atoms with Gasteiger partial charge in [-0.05, 0) is 56.3 Å². The van der Waals surface area contributed by atoms with Crippen LogP contribution in [0.2, 0.25) is 0 Å². The number of carbonyl (C=O) groups is 1. The summed E-state index contributed by atoms with van der Waals surface area (Å²) in [6, 6.07) is 0. The third-order valence-electron chi connectivity index (χ3n) is 7.34. The van der Waals surface area contributed by atoms with Gasteiger partial charge in [0.2, 0.25) is 5.91 Å². The number of likely N-dealkylation sites (tertiary alicyclic amines) is 1. The first-order valence-electron chi connectivity index (χ1n) is 11.2. The first-order chi connectivity index (χ1) is 13.2. The van der Waals surface area contributed by atoms with E-state index < -0.39 is 0 Å². The van der Waals surface area contributed by atoms with Crippen molar-refractivity contribution in [3.05, 3.63) is 0 Å². The van der Waals surface area contributed by atoms with Crippen LogP contribution < -0.4 is 5.32 Å². The lowest BCUT2D eigenvalue weighted by Crippen LogP contribution is -2.56. The van der Waals surface area contributed by atoms with Crippen molar-refractivity contribution in [1.29, 1.82) is 0 Å². The molecule has 4 aliphatic rings. The Kier molecular flexibility index (Phi) is 7.87. The number of guanidine groups is 1. The molecule has 1 amide bonds. The van der Waals surface area contributed by atoms with E-state index in [1.165, 1.54) is 51.4 Å². The van der Waals surface area contributed by atoms with Gasteiger partial charge in [0.05, 0.1) is 6.54 Å². The minimum Gasteiger partial charge on any atom is -0.356 e. The lowest BCUT2D eigenvalue weighted by atomic mass is 9.65. The number of piperidine rings is 1. The highest BCUT2D eigenvalue weighted by molar-refractivity contribution is 14.0. The standard InChI is InChI=1S/C21H37N5O.HI/c1-22-20(23-17-21(8-5-9-21)18-6-7-18)26-14-12-24(13-15-26)16-19(27)25-10-3-2-4-11-25;/h18H,2-17H2,1H3,(H,22,23);1H. The van der Waals surface area contributed by atoms with Crippen molar-refractivity contribution >= 4 is 35.8 Å². The van der Waals surface area contributed by atoms with E-state index in [0.29, 0.717) is 17.9 Å². The molecule has 1 N–H and O–H groups in total. The lowest BCUT2D eigenvalue weighted by molar-refractivity contribution is -0.133. The summed E-state index contributed by atoms with van der Waals surface area (Å²) in [5.74, 6) is 2.35. The molecule has 0 radical (unpaired) electrons. The van der Waals surface area contributed by atoms with Gasteiger partial charge in [-0.1, -0.05) is 6.42 Å². The summed E-state index contributed by atoms with van der Waals surface area (Å²) in [4.78, 5) is 23.8. The number of halogens is 1. The van der Waals surface area contributed by atoms with E-state index >= 15 is 0 Å². The molecule has 0 aromatic carbocycles. The molecule has 4 fully saturated rings. The Labute approximate surface area is 187 Å². The maximum atomic E-state index is 12.5. The lowest BCUT2D eigenvalue weighted by Gasteiger charge is -2.44. The van der Waals surface area contributed by atoms with Crippen LogP contribution in [-0.2, 0) is 4.79 Å². The maximum Gasteiger partial charge on any atom is 0.236 e. The fourth-order valence-electron chi connectivity index (χ4n) is 5.20. The maximum absolute atomic E-state index is 12.5. The molecule has 2 heterocycles. The number of amides is 1. The van der Waals surface area contributed by atoms with Crippen LogP contribution in [0.4, 0.5) is 0 Å². The van der Waals surface area contributed by atoms with E-state index in [9.17, 15) is 4.79 Å². The molecule has 160 valence electrons. The third kappa shape index (κ3) is 5.12. The molecule has 2 aliphatic heterocycles. The normalized spacial score (nSPS) is 25.7. The average Bonchev–Trinajstić information content (AvgIpc) is 3.51. The fourth-order valence-corrected chi connectivity index (χ4v) is 5.20. The van der Waals surface area contributed by atoms with E-state index in [1.807, 2.05) is 7.05 Å². The molecule has 0 aromatic rings. The SMILES string of the molecule is CN=C(NCC1(C2CC2)CCC1)N1CCN(CC(=O)N2CCCCC2)CC1.I. The molecule has 7 heteroatoms. The average molecular weight is 503 g/mol. The Hall–Kier alpha value is -0.570. The second-order valence-corrected chi connectivity index (χ2v) is 9.10. The monoisotopic (exact) mass is 503 g/mol. The Balaban J connectivity index is 0.00000225. The van der Waals surface area contributed by atoms with Crippen molar-refractivity contribution in [2.24, 2.45) is 16.3 Å². The Morgan fingerprint density at radius 3 is 2.18 bits per heavy atom. The van der Waals surface area contributed by atoms with E-state index in [4.69, 9.17) is 0 Å². The van der Waals surface area contributed by atoms with Crippen LogP contribution in [0.3, 0.4) is 0 Å². The van der Waals surface area contributed by atoms with Gasteiger partial charge in [0, 0.05) is 52.9 Å². The van der Waals surface area contributed by atoms with Gasteiger partial charge >= 0.3 is 0 Å². The summed E-state index contributed by atoms with van der Waals surface area (Å²) in [5, 5.41) is 3.69. The predicted molar refractivity (Wildman–Crippen MR) is 124 cm³/mol. The van der Waals surface area contributed by atoms with Gasteiger partial charge in [-0.25, -0.2) is 0 Å². The first-order valence-corrected chi connectivity index (χ1v) is 11.2. The molecule has 0 atom stereocenters. The van der Waals surface area contributed by atoms with Crippen LogP contribution in [0.1, 0.15) is 51.4 Å². The van der Waals surface area contributed by atoms with E-state index in [-0.39, 0.29) is 24.0 Å². The largest absolute Gasteiger partial charge is 0.356 e. The number of hydrogen-bond acceptors (Lipinski definition) is 3. The third-order valence-corrected chi connectivity index (χ3v) is 7.34. The zero-order valence-corrected chi connectivity index (χ0v) is 19.8. The zero-order valence-electron chi connectivity index (χ0n) is 17.5. The first kappa shape index (κ1) is 22.1. The molecule has 28 heavy (non-hydrogen) atoms. The Morgan fingerprint density at radius 2 is 1.64 bits per heavy atom. The van der Waals surface area contributed by atoms with E-state index in [0.717, 1.165) is 57.7 Å². The topological polar surface area (TPSA) is 51.2 Å². The van der Waals surface area contributed by atoms with E-state index in [1.54, 1.807) is 0 Å². The second kappa shape index (κ2) is 9.96. The molecule has 0 bridgehead atoms. The molecule has 6 nitrogen and oxygen atoms in total. The molecule has 0 aromatic heterocycles. The van der Waals surface area contributed by atoms with E-state index in [2.05, 4.69) is 25.0 Å². The summed E-state index contributed by atoms with van der Waals surface area (Å²) in [7, 11) is 1.90. The quantitative estimate of drug-likeness (QED) is 0.356. The van der Waals surface area contributed by atoms with Gasteiger partial charge in [0.1, 0.15) is 0 Å². The van der Waals surface area contributed by atoms with Crippen molar-refractivity contribution in [2.75, 3.05) is 59.4 Å². The van der Waals surface area contributed by atoms with Gasteiger partial charge in [0.15, 0.2) is 5.96 Å². The van der Waals surface area contributed by atoms with Crippen LogP contribution in [0.5, 0.6) is 0 Å². The number of piperazine rings is 1. The highest BCUT2D eigenvalue weighted by Gasteiger charge is 2.48.